The third kappa shape index (κ3) is 11.0. The molecule has 0 spiro atoms. The molecule has 2 amide bonds. The molecule has 0 fully saturated rings. The largest absolute Gasteiger partial charge is 0.443 e. The molecular formula is C8H15BN2O6. The molecule has 0 aromatic rings. The summed E-state index contributed by atoms with van der Waals surface area (Å²) in [6, 6.07) is 0. The monoisotopic (exact) mass is 246 g/mol. The number of ether oxygens (including phenoxy) is 2. The van der Waals surface area contributed by atoms with E-state index in [2.05, 4.69) is 12.6 Å². The summed E-state index contributed by atoms with van der Waals surface area (Å²) in [7, 11) is 4.62. The van der Waals surface area contributed by atoms with Crippen LogP contribution in [0.3, 0.4) is 0 Å². The fraction of sp³-hybridized carbons (Fsp3) is 0.750. The Balaban J connectivity index is 3.82. The second-order valence-corrected chi connectivity index (χ2v) is 4.12. The number of hydrazine groups is 1. The summed E-state index contributed by atoms with van der Waals surface area (Å²) in [6.07, 6.45) is -0.863. The summed E-state index contributed by atoms with van der Waals surface area (Å²) in [5.74, 6) is -3.74. The van der Waals surface area contributed by atoms with E-state index in [4.69, 9.17) is 14.9 Å². The van der Waals surface area contributed by atoms with E-state index in [-0.39, 0.29) is 0 Å². The molecular weight excluding hydrogens is 231 g/mol. The predicted octanol–water partition coefficient (Wildman–Crippen LogP) is -1.68. The summed E-state index contributed by atoms with van der Waals surface area (Å²) in [5.41, 5.74) is 3.14. The third-order valence-electron chi connectivity index (χ3n) is 1.12. The van der Waals surface area contributed by atoms with E-state index in [9.17, 15) is 9.59 Å². The van der Waals surface area contributed by atoms with Gasteiger partial charge in [0.05, 0.1) is 0 Å². The van der Waals surface area contributed by atoms with Gasteiger partial charge in [-0.2, -0.15) is 0 Å². The van der Waals surface area contributed by atoms with Crippen molar-refractivity contribution in [2.75, 3.05) is 6.61 Å². The molecule has 96 valence electrons. The molecule has 9 heteroatoms. The lowest BCUT2D eigenvalue weighted by Crippen LogP contribution is -2.47. The number of rotatable bonds is 3. The van der Waals surface area contributed by atoms with Gasteiger partial charge >= 0.3 is 6.09 Å². The van der Waals surface area contributed by atoms with Gasteiger partial charge in [0.1, 0.15) is 12.2 Å². The Bertz CT molecular complexity index is 283. The molecule has 0 saturated carbocycles. The van der Waals surface area contributed by atoms with E-state index in [0.717, 1.165) is 0 Å². The SMILES string of the molecule is [B]C(O)(O)OCC(=O)NNC(=O)OC(C)(C)C. The van der Waals surface area contributed by atoms with Gasteiger partial charge in [0.25, 0.3) is 5.91 Å². The van der Waals surface area contributed by atoms with Crippen LogP contribution in [-0.4, -0.2) is 48.1 Å². The fourth-order valence-corrected chi connectivity index (χ4v) is 0.632. The highest BCUT2D eigenvalue weighted by atomic mass is 16.8. The zero-order chi connectivity index (χ0) is 13.7. The Morgan fingerprint density at radius 3 is 2.18 bits per heavy atom. The smallest absolute Gasteiger partial charge is 0.426 e. The lowest BCUT2D eigenvalue weighted by atomic mass is 10.1. The van der Waals surface area contributed by atoms with Crippen molar-refractivity contribution in [1.29, 1.82) is 0 Å². The molecule has 17 heavy (non-hydrogen) atoms. The molecule has 0 unspecified atom stereocenters. The highest BCUT2D eigenvalue weighted by Gasteiger charge is 2.18. The predicted molar refractivity (Wildman–Crippen MR) is 56.4 cm³/mol. The van der Waals surface area contributed by atoms with Crippen LogP contribution in [-0.2, 0) is 14.3 Å². The molecule has 0 bridgehead atoms. The Morgan fingerprint density at radius 1 is 1.24 bits per heavy atom. The molecule has 0 rings (SSSR count). The van der Waals surface area contributed by atoms with Gasteiger partial charge in [-0.15, -0.1) is 0 Å². The van der Waals surface area contributed by atoms with E-state index >= 15 is 0 Å². The topological polar surface area (TPSA) is 117 Å². The molecule has 0 saturated heterocycles. The average molecular weight is 246 g/mol. The summed E-state index contributed by atoms with van der Waals surface area (Å²) in [6.45, 7) is 4.20. The van der Waals surface area contributed by atoms with Crippen molar-refractivity contribution < 1.29 is 29.3 Å². The lowest BCUT2D eigenvalue weighted by Gasteiger charge is -2.20. The van der Waals surface area contributed by atoms with Crippen molar-refractivity contribution in [3.8, 4) is 0 Å². The Labute approximate surface area is 99.7 Å². The van der Waals surface area contributed by atoms with Crippen LogP contribution in [0.5, 0.6) is 0 Å². The number of nitrogens with one attached hydrogen (secondary N) is 2. The molecule has 2 radical (unpaired) electrons. The van der Waals surface area contributed by atoms with Gasteiger partial charge in [-0.25, -0.2) is 10.2 Å². The molecule has 0 aliphatic heterocycles. The van der Waals surface area contributed by atoms with Crippen LogP contribution in [0, 0.1) is 0 Å². The van der Waals surface area contributed by atoms with Crippen LogP contribution in [0.25, 0.3) is 0 Å². The summed E-state index contributed by atoms with van der Waals surface area (Å²) in [4.78, 5) is 22.0. The van der Waals surface area contributed by atoms with Crippen LogP contribution < -0.4 is 10.9 Å². The molecule has 0 aliphatic carbocycles. The molecule has 4 N–H and O–H groups in total. The Hall–Kier alpha value is -1.32. The number of hydrogen-bond acceptors (Lipinski definition) is 6. The second-order valence-electron chi connectivity index (χ2n) is 4.12. The number of carbonyl (C=O) groups is 2. The first-order chi connectivity index (χ1) is 7.49. The van der Waals surface area contributed by atoms with Crippen LogP contribution >= 0.6 is 0 Å². The third-order valence-corrected chi connectivity index (χ3v) is 1.12. The van der Waals surface area contributed by atoms with Gasteiger partial charge in [-0.3, -0.25) is 10.2 Å². The number of carbonyl (C=O) groups excluding carboxylic acids is 2. The van der Waals surface area contributed by atoms with Crippen LogP contribution in [0.1, 0.15) is 20.8 Å². The minimum absolute atomic E-state index is 0.700. The van der Waals surface area contributed by atoms with Crippen molar-refractivity contribution in [2.45, 2.75) is 32.2 Å². The van der Waals surface area contributed by atoms with Gasteiger partial charge in [-0.1, -0.05) is 0 Å². The molecule has 0 atom stereocenters. The van der Waals surface area contributed by atoms with E-state index in [1.807, 2.05) is 10.9 Å². The normalized spacial score (nSPS) is 11.8. The van der Waals surface area contributed by atoms with Gasteiger partial charge in [0.2, 0.25) is 5.87 Å². The van der Waals surface area contributed by atoms with Crippen LogP contribution in [0.15, 0.2) is 0 Å². The van der Waals surface area contributed by atoms with Crippen LogP contribution in [0.4, 0.5) is 4.79 Å². The highest BCUT2D eigenvalue weighted by Crippen LogP contribution is 2.05. The van der Waals surface area contributed by atoms with E-state index in [1.165, 1.54) is 0 Å². The fourth-order valence-electron chi connectivity index (χ4n) is 0.632. The Kier molecular flexibility index (Phi) is 5.40. The minimum Gasteiger partial charge on any atom is -0.443 e. The first-order valence-electron chi connectivity index (χ1n) is 4.65. The average Bonchev–Trinajstić information content (AvgIpc) is 2.07. The van der Waals surface area contributed by atoms with Crippen molar-refractivity contribution in [3.63, 3.8) is 0 Å². The highest BCUT2D eigenvalue weighted by molar-refractivity contribution is 6.11. The maximum atomic E-state index is 11.1. The second kappa shape index (κ2) is 5.85. The first-order valence-corrected chi connectivity index (χ1v) is 4.65. The Morgan fingerprint density at radius 2 is 1.76 bits per heavy atom. The standard InChI is InChI=1S/C8H15BN2O6/c1-7(2,3)17-6(13)11-10-5(12)4-16-8(9,14)15/h14-15H,4H2,1-3H3,(H,10,12)(H,11,13). The molecule has 0 heterocycles. The maximum absolute atomic E-state index is 11.1. The molecule has 0 aliphatic rings. The molecule has 8 nitrogen and oxygen atoms in total. The van der Waals surface area contributed by atoms with Crippen LogP contribution in [0.2, 0.25) is 0 Å². The van der Waals surface area contributed by atoms with Gasteiger partial charge in [0, 0.05) is 0 Å². The minimum atomic E-state index is -2.90. The number of aliphatic hydroxyl groups is 2. The van der Waals surface area contributed by atoms with E-state index in [0.29, 0.717) is 0 Å². The molecule has 0 aromatic heterocycles. The lowest BCUT2D eigenvalue weighted by molar-refractivity contribution is -0.272. The maximum Gasteiger partial charge on any atom is 0.426 e. The number of amides is 2. The summed E-state index contributed by atoms with van der Waals surface area (Å²) < 4.78 is 8.91. The first kappa shape index (κ1) is 15.7. The quantitative estimate of drug-likeness (QED) is 0.268. The summed E-state index contributed by atoms with van der Waals surface area (Å²) >= 11 is 0. The zero-order valence-electron chi connectivity index (χ0n) is 9.81. The van der Waals surface area contributed by atoms with Crippen molar-refractivity contribution >= 4 is 19.8 Å². The number of hydrogen-bond donors (Lipinski definition) is 4. The van der Waals surface area contributed by atoms with Crippen molar-refractivity contribution in [1.82, 2.24) is 10.9 Å². The summed E-state index contributed by atoms with van der Waals surface area (Å²) in [5, 5.41) is 17.0. The van der Waals surface area contributed by atoms with Gasteiger partial charge in [-0.05, 0) is 20.8 Å². The van der Waals surface area contributed by atoms with Crippen molar-refractivity contribution in [3.05, 3.63) is 0 Å². The molecule has 0 aromatic carbocycles. The van der Waals surface area contributed by atoms with E-state index in [1.54, 1.807) is 20.8 Å². The van der Waals surface area contributed by atoms with Crippen molar-refractivity contribution in [2.24, 2.45) is 0 Å². The van der Waals surface area contributed by atoms with E-state index < -0.39 is 30.1 Å². The zero-order valence-corrected chi connectivity index (χ0v) is 9.81. The van der Waals surface area contributed by atoms with Gasteiger partial charge in [0.15, 0.2) is 7.85 Å². The van der Waals surface area contributed by atoms with Gasteiger partial charge < -0.3 is 19.7 Å².